The summed E-state index contributed by atoms with van der Waals surface area (Å²) < 4.78 is 0. The molecule has 2 aliphatic rings. The van der Waals surface area contributed by atoms with Crippen molar-refractivity contribution in [3.8, 4) is 0 Å². The van der Waals surface area contributed by atoms with Gasteiger partial charge >= 0.3 is 0 Å². The van der Waals surface area contributed by atoms with Crippen LogP contribution in [0, 0.1) is 0 Å². The highest BCUT2D eigenvalue weighted by molar-refractivity contribution is 5.95. The molecule has 1 unspecified atom stereocenters. The first kappa shape index (κ1) is 16.2. The Morgan fingerprint density at radius 1 is 1.30 bits per heavy atom. The third-order valence-corrected chi connectivity index (χ3v) is 4.90. The number of anilines is 1. The van der Waals surface area contributed by atoms with E-state index in [0.29, 0.717) is 6.04 Å². The molecule has 2 fully saturated rings. The number of piperazine rings is 1. The lowest BCUT2D eigenvalue weighted by Crippen LogP contribution is -2.45. The van der Waals surface area contributed by atoms with Gasteiger partial charge in [-0.2, -0.15) is 0 Å². The summed E-state index contributed by atoms with van der Waals surface area (Å²) in [5, 5.41) is 3.19. The van der Waals surface area contributed by atoms with E-state index in [-0.39, 0.29) is 5.91 Å². The molecule has 126 valence electrons. The fourth-order valence-electron chi connectivity index (χ4n) is 3.48. The number of amides is 1. The number of aromatic nitrogens is 1. The number of pyridine rings is 1. The fourth-order valence-corrected chi connectivity index (χ4v) is 3.48. The second-order valence-corrected chi connectivity index (χ2v) is 6.55. The summed E-state index contributed by atoms with van der Waals surface area (Å²) in [5.41, 5.74) is 0.761. The van der Waals surface area contributed by atoms with E-state index in [1.54, 1.807) is 6.20 Å². The van der Waals surface area contributed by atoms with Crippen molar-refractivity contribution >= 4 is 11.7 Å². The van der Waals surface area contributed by atoms with Gasteiger partial charge in [-0.3, -0.25) is 4.79 Å². The lowest BCUT2D eigenvalue weighted by atomic mass is 10.2. The standard InChI is InChI=1S/C17H27N5O/c1-18-13-15-4-3-7-22(15)17(23)14-5-6-19-16(12-14)21-10-8-20(2)9-11-21/h5-6,12,15,18H,3-4,7-11,13H2,1-2H3. The van der Waals surface area contributed by atoms with E-state index < -0.39 is 0 Å². The van der Waals surface area contributed by atoms with Crippen LogP contribution >= 0.6 is 0 Å². The third kappa shape index (κ3) is 3.64. The molecule has 0 aromatic carbocycles. The van der Waals surface area contributed by atoms with Gasteiger partial charge in [-0.1, -0.05) is 0 Å². The van der Waals surface area contributed by atoms with Crippen molar-refractivity contribution in [2.75, 3.05) is 58.3 Å². The van der Waals surface area contributed by atoms with Crippen LogP contribution in [0.25, 0.3) is 0 Å². The van der Waals surface area contributed by atoms with E-state index in [1.807, 2.05) is 24.1 Å². The second-order valence-electron chi connectivity index (χ2n) is 6.55. The summed E-state index contributed by atoms with van der Waals surface area (Å²) in [5.74, 6) is 1.06. The molecule has 3 heterocycles. The molecule has 0 aliphatic carbocycles. The minimum Gasteiger partial charge on any atom is -0.354 e. The highest BCUT2D eigenvalue weighted by Crippen LogP contribution is 2.21. The third-order valence-electron chi connectivity index (χ3n) is 4.90. The number of rotatable bonds is 4. The molecule has 1 N–H and O–H groups in total. The monoisotopic (exact) mass is 317 g/mol. The molecule has 1 aromatic rings. The van der Waals surface area contributed by atoms with E-state index in [1.165, 1.54) is 0 Å². The summed E-state index contributed by atoms with van der Waals surface area (Å²) in [7, 11) is 4.08. The van der Waals surface area contributed by atoms with Crippen molar-refractivity contribution < 1.29 is 4.79 Å². The van der Waals surface area contributed by atoms with Gasteiger partial charge in [-0.25, -0.2) is 4.98 Å². The first-order valence-electron chi connectivity index (χ1n) is 8.54. The van der Waals surface area contributed by atoms with Crippen molar-refractivity contribution in [2.24, 2.45) is 0 Å². The molecule has 0 spiro atoms. The Morgan fingerprint density at radius 3 is 2.83 bits per heavy atom. The van der Waals surface area contributed by atoms with E-state index >= 15 is 0 Å². The number of nitrogens with one attached hydrogen (secondary N) is 1. The van der Waals surface area contributed by atoms with Crippen molar-refractivity contribution in [1.82, 2.24) is 20.1 Å². The average Bonchev–Trinajstić information content (AvgIpc) is 3.03. The van der Waals surface area contributed by atoms with Crippen LogP contribution in [-0.2, 0) is 0 Å². The fraction of sp³-hybridized carbons (Fsp3) is 0.647. The van der Waals surface area contributed by atoms with Crippen molar-refractivity contribution in [1.29, 1.82) is 0 Å². The van der Waals surface area contributed by atoms with E-state index in [2.05, 4.69) is 27.1 Å². The predicted molar refractivity (Wildman–Crippen MR) is 91.9 cm³/mol. The van der Waals surface area contributed by atoms with Crippen LogP contribution in [0.2, 0.25) is 0 Å². The van der Waals surface area contributed by atoms with Gasteiger partial charge in [0.25, 0.3) is 5.91 Å². The molecule has 0 radical (unpaired) electrons. The van der Waals surface area contributed by atoms with Crippen LogP contribution in [0.4, 0.5) is 5.82 Å². The Kier molecular flexibility index (Phi) is 5.13. The van der Waals surface area contributed by atoms with Gasteiger partial charge in [0, 0.05) is 57.1 Å². The van der Waals surface area contributed by atoms with E-state index in [4.69, 9.17) is 0 Å². The summed E-state index contributed by atoms with van der Waals surface area (Å²) in [6, 6.07) is 4.12. The Balaban J connectivity index is 1.73. The molecule has 1 aromatic heterocycles. The topological polar surface area (TPSA) is 51.7 Å². The molecule has 1 amide bonds. The van der Waals surface area contributed by atoms with Gasteiger partial charge in [0.2, 0.25) is 0 Å². The Hall–Kier alpha value is -1.66. The van der Waals surface area contributed by atoms with Crippen molar-refractivity contribution in [2.45, 2.75) is 18.9 Å². The average molecular weight is 317 g/mol. The first-order valence-corrected chi connectivity index (χ1v) is 8.54. The van der Waals surface area contributed by atoms with Gasteiger partial charge in [0.15, 0.2) is 0 Å². The smallest absolute Gasteiger partial charge is 0.254 e. The Labute approximate surface area is 138 Å². The molecular formula is C17H27N5O. The molecule has 1 atom stereocenters. The Bertz CT molecular complexity index is 542. The molecule has 6 heteroatoms. The van der Waals surface area contributed by atoms with E-state index in [0.717, 1.165) is 63.5 Å². The van der Waals surface area contributed by atoms with Crippen molar-refractivity contribution in [3.63, 3.8) is 0 Å². The summed E-state index contributed by atoms with van der Waals surface area (Å²) in [6.07, 6.45) is 3.95. The molecule has 3 rings (SSSR count). The first-order chi connectivity index (χ1) is 11.2. The SMILES string of the molecule is CNCC1CCCN1C(=O)c1ccnc(N2CCN(C)CC2)c1. The highest BCUT2D eigenvalue weighted by Gasteiger charge is 2.29. The van der Waals surface area contributed by atoms with Crippen molar-refractivity contribution in [3.05, 3.63) is 23.9 Å². The molecule has 2 saturated heterocycles. The van der Waals surface area contributed by atoms with Crippen LogP contribution in [-0.4, -0.2) is 80.1 Å². The number of hydrogen-bond acceptors (Lipinski definition) is 5. The van der Waals surface area contributed by atoms with Crippen LogP contribution in [0.3, 0.4) is 0 Å². The summed E-state index contributed by atoms with van der Waals surface area (Å²) in [4.78, 5) is 23.9. The lowest BCUT2D eigenvalue weighted by molar-refractivity contribution is 0.0737. The van der Waals surface area contributed by atoms with Gasteiger partial charge in [-0.15, -0.1) is 0 Å². The summed E-state index contributed by atoms with van der Waals surface area (Å²) in [6.45, 7) is 5.73. The molecule has 23 heavy (non-hydrogen) atoms. The molecule has 6 nitrogen and oxygen atoms in total. The second kappa shape index (κ2) is 7.27. The number of hydrogen-bond donors (Lipinski definition) is 1. The maximum absolute atomic E-state index is 12.9. The van der Waals surface area contributed by atoms with Crippen LogP contribution < -0.4 is 10.2 Å². The zero-order chi connectivity index (χ0) is 16.2. The predicted octanol–water partition coefficient (Wildman–Crippen LogP) is 0.657. The molecule has 2 aliphatic heterocycles. The number of likely N-dealkylation sites (tertiary alicyclic amines) is 1. The maximum Gasteiger partial charge on any atom is 0.254 e. The molecular weight excluding hydrogens is 290 g/mol. The Morgan fingerprint density at radius 2 is 2.09 bits per heavy atom. The minimum absolute atomic E-state index is 0.139. The normalized spacial score (nSPS) is 22.6. The van der Waals surface area contributed by atoms with Gasteiger partial charge in [0.1, 0.15) is 5.82 Å². The van der Waals surface area contributed by atoms with Crippen LogP contribution in [0.5, 0.6) is 0 Å². The zero-order valence-corrected chi connectivity index (χ0v) is 14.2. The number of likely N-dealkylation sites (N-methyl/N-ethyl adjacent to an activating group) is 2. The zero-order valence-electron chi connectivity index (χ0n) is 14.2. The number of carbonyl (C=O) groups is 1. The largest absolute Gasteiger partial charge is 0.354 e. The highest BCUT2D eigenvalue weighted by atomic mass is 16.2. The van der Waals surface area contributed by atoms with Crippen LogP contribution in [0.15, 0.2) is 18.3 Å². The van der Waals surface area contributed by atoms with Gasteiger partial charge < -0.3 is 20.0 Å². The number of carbonyl (C=O) groups excluding carboxylic acids is 1. The van der Waals surface area contributed by atoms with Crippen LogP contribution in [0.1, 0.15) is 23.2 Å². The van der Waals surface area contributed by atoms with Gasteiger partial charge in [0.05, 0.1) is 0 Å². The lowest BCUT2D eigenvalue weighted by Gasteiger charge is -2.33. The molecule has 0 saturated carbocycles. The number of nitrogens with zero attached hydrogens (tertiary/aromatic N) is 4. The summed E-state index contributed by atoms with van der Waals surface area (Å²) >= 11 is 0. The molecule has 0 bridgehead atoms. The minimum atomic E-state index is 0.139. The van der Waals surface area contributed by atoms with E-state index in [9.17, 15) is 4.79 Å². The maximum atomic E-state index is 12.9. The van der Waals surface area contributed by atoms with Gasteiger partial charge in [-0.05, 0) is 39.1 Å². The quantitative estimate of drug-likeness (QED) is 0.884.